The Hall–Kier alpha value is -2.13. The normalized spacial score (nSPS) is 13.6. The predicted octanol–water partition coefficient (Wildman–Crippen LogP) is 3.82. The molecule has 0 saturated carbocycles. The van der Waals surface area contributed by atoms with E-state index >= 15 is 0 Å². The minimum Gasteiger partial charge on any atom is -0.310 e. The number of H-pyrrole nitrogens is 1. The summed E-state index contributed by atoms with van der Waals surface area (Å²) < 4.78 is 1.83. The summed E-state index contributed by atoms with van der Waals surface area (Å²) in [4.78, 5) is 17.9. The minimum atomic E-state index is -0.327. The van der Waals surface area contributed by atoms with Crippen molar-refractivity contribution in [3.63, 3.8) is 0 Å². The number of rotatable bonds is 7. The fraction of sp³-hybridized carbons (Fsp3) is 0.375. The second-order valence-corrected chi connectivity index (χ2v) is 7.87. The second kappa shape index (κ2) is 7.83. The third-order valence-electron chi connectivity index (χ3n) is 3.80. The molecule has 3 rings (SSSR count). The Balaban J connectivity index is 1.63. The molecule has 1 amide bonds. The van der Waals surface area contributed by atoms with E-state index in [2.05, 4.69) is 39.4 Å². The molecule has 0 aliphatic carbocycles. The van der Waals surface area contributed by atoms with Gasteiger partial charge < -0.3 is 5.32 Å². The highest BCUT2D eigenvalue weighted by atomic mass is 32.2. The van der Waals surface area contributed by atoms with Crippen molar-refractivity contribution < 1.29 is 4.79 Å². The van der Waals surface area contributed by atoms with Gasteiger partial charge in [-0.15, -0.1) is 16.4 Å². The van der Waals surface area contributed by atoms with Gasteiger partial charge in [0.2, 0.25) is 11.1 Å². The van der Waals surface area contributed by atoms with E-state index < -0.39 is 0 Å². The molecule has 0 saturated heterocycles. The highest BCUT2D eigenvalue weighted by molar-refractivity contribution is 8.00. The van der Waals surface area contributed by atoms with Crippen LogP contribution in [-0.4, -0.2) is 36.1 Å². The highest BCUT2D eigenvalue weighted by Crippen LogP contribution is 2.26. The number of hydrogen-bond donors (Lipinski definition) is 2. The third kappa shape index (κ3) is 4.10. The maximum Gasteiger partial charge on any atom is 0.238 e. The van der Waals surface area contributed by atoms with E-state index in [-0.39, 0.29) is 17.2 Å². The SMILES string of the molecule is CC[C@H](C)n1nccc1NC(=O)[C@@H](C)Sc1n[nH]c(-c2cccs2)n1. The van der Waals surface area contributed by atoms with E-state index in [9.17, 15) is 4.79 Å². The van der Waals surface area contributed by atoms with Gasteiger partial charge in [-0.25, -0.2) is 9.67 Å². The molecule has 0 bridgehead atoms. The number of anilines is 1. The van der Waals surface area contributed by atoms with Gasteiger partial charge in [0, 0.05) is 6.07 Å². The first-order valence-electron chi connectivity index (χ1n) is 8.05. The standard InChI is InChI=1S/C16H20N6OS2/c1-4-10(2)22-13(7-8-17-22)18-15(23)11(3)25-16-19-14(20-21-16)12-6-5-9-24-12/h5-11H,4H2,1-3H3,(H,18,23)(H,19,20,21)/t10-,11+/m0/s1. The van der Waals surface area contributed by atoms with Gasteiger partial charge in [0.05, 0.1) is 22.4 Å². The Morgan fingerprint density at radius 2 is 2.28 bits per heavy atom. The van der Waals surface area contributed by atoms with Crippen molar-refractivity contribution in [2.24, 2.45) is 0 Å². The van der Waals surface area contributed by atoms with Gasteiger partial charge in [-0.05, 0) is 31.7 Å². The van der Waals surface area contributed by atoms with E-state index in [1.165, 1.54) is 11.8 Å². The third-order valence-corrected chi connectivity index (χ3v) is 5.64. The average Bonchev–Trinajstić information content (AvgIpc) is 3.34. The number of aromatic amines is 1. The highest BCUT2D eigenvalue weighted by Gasteiger charge is 2.19. The van der Waals surface area contributed by atoms with E-state index in [4.69, 9.17) is 0 Å². The van der Waals surface area contributed by atoms with Crippen LogP contribution in [0.2, 0.25) is 0 Å². The molecule has 0 unspecified atom stereocenters. The molecule has 0 aliphatic rings. The smallest absolute Gasteiger partial charge is 0.238 e. The molecule has 0 radical (unpaired) electrons. The lowest BCUT2D eigenvalue weighted by molar-refractivity contribution is -0.115. The Labute approximate surface area is 154 Å². The van der Waals surface area contributed by atoms with Crippen molar-refractivity contribution in [3.8, 4) is 10.7 Å². The lowest BCUT2D eigenvalue weighted by Crippen LogP contribution is -2.24. The maximum atomic E-state index is 12.5. The molecule has 3 aromatic rings. The number of thiophene rings is 1. The van der Waals surface area contributed by atoms with Crippen LogP contribution in [-0.2, 0) is 4.79 Å². The van der Waals surface area contributed by atoms with Gasteiger partial charge >= 0.3 is 0 Å². The van der Waals surface area contributed by atoms with Crippen LogP contribution in [0.3, 0.4) is 0 Å². The average molecular weight is 377 g/mol. The summed E-state index contributed by atoms with van der Waals surface area (Å²) >= 11 is 2.91. The second-order valence-electron chi connectivity index (χ2n) is 5.61. The van der Waals surface area contributed by atoms with Crippen molar-refractivity contribution in [3.05, 3.63) is 29.8 Å². The molecule has 132 valence electrons. The van der Waals surface area contributed by atoms with E-state index in [1.807, 2.05) is 35.2 Å². The largest absolute Gasteiger partial charge is 0.310 e. The Bertz CT molecular complexity index is 825. The molecule has 25 heavy (non-hydrogen) atoms. The van der Waals surface area contributed by atoms with E-state index in [1.54, 1.807) is 17.5 Å². The molecule has 3 heterocycles. The van der Waals surface area contributed by atoms with Crippen LogP contribution in [0.5, 0.6) is 0 Å². The summed E-state index contributed by atoms with van der Waals surface area (Å²) in [7, 11) is 0. The number of nitrogens with zero attached hydrogens (tertiary/aromatic N) is 4. The van der Waals surface area contributed by atoms with Gasteiger partial charge in [0.15, 0.2) is 5.82 Å². The Kier molecular flexibility index (Phi) is 5.54. The fourth-order valence-corrected chi connectivity index (χ4v) is 3.59. The molecule has 9 heteroatoms. The van der Waals surface area contributed by atoms with Crippen LogP contribution >= 0.6 is 23.1 Å². The monoisotopic (exact) mass is 376 g/mol. The summed E-state index contributed by atoms with van der Waals surface area (Å²) in [5, 5.41) is 16.5. The van der Waals surface area contributed by atoms with Gasteiger partial charge in [0.1, 0.15) is 5.82 Å². The lowest BCUT2D eigenvalue weighted by atomic mass is 10.3. The number of hydrogen-bond acceptors (Lipinski definition) is 6. The predicted molar refractivity (Wildman–Crippen MR) is 101 cm³/mol. The van der Waals surface area contributed by atoms with Gasteiger partial charge in [-0.2, -0.15) is 5.10 Å². The maximum absolute atomic E-state index is 12.5. The lowest BCUT2D eigenvalue weighted by Gasteiger charge is -2.15. The Morgan fingerprint density at radius 3 is 3.00 bits per heavy atom. The topological polar surface area (TPSA) is 88.5 Å². The van der Waals surface area contributed by atoms with Crippen LogP contribution in [0.4, 0.5) is 5.82 Å². The van der Waals surface area contributed by atoms with Crippen molar-refractivity contribution in [1.29, 1.82) is 0 Å². The van der Waals surface area contributed by atoms with Crippen LogP contribution in [0.25, 0.3) is 10.7 Å². The first-order chi connectivity index (χ1) is 12.1. The van der Waals surface area contributed by atoms with E-state index in [0.717, 1.165) is 17.1 Å². The molecule has 7 nitrogen and oxygen atoms in total. The molecule has 2 atom stereocenters. The van der Waals surface area contributed by atoms with Crippen molar-refractivity contribution in [2.45, 2.75) is 43.6 Å². The molecular weight excluding hydrogens is 356 g/mol. The summed E-state index contributed by atoms with van der Waals surface area (Å²) in [5.74, 6) is 1.33. The van der Waals surface area contributed by atoms with Gasteiger partial charge in [0.25, 0.3) is 0 Å². The molecule has 0 aliphatic heterocycles. The van der Waals surface area contributed by atoms with Gasteiger partial charge in [-0.1, -0.05) is 24.8 Å². The zero-order chi connectivity index (χ0) is 17.8. The number of carbonyl (C=O) groups is 1. The fourth-order valence-electron chi connectivity index (χ4n) is 2.20. The summed E-state index contributed by atoms with van der Waals surface area (Å²) in [6.45, 7) is 6.00. The first-order valence-corrected chi connectivity index (χ1v) is 9.81. The zero-order valence-corrected chi connectivity index (χ0v) is 15.9. The first kappa shape index (κ1) is 17.7. The van der Waals surface area contributed by atoms with Gasteiger partial charge in [-0.3, -0.25) is 9.89 Å². The molecule has 0 fully saturated rings. The number of carbonyl (C=O) groups excluding carboxylic acids is 1. The molecule has 2 N–H and O–H groups in total. The zero-order valence-electron chi connectivity index (χ0n) is 14.3. The number of nitrogens with one attached hydrogen (secondary N) is 2. The number of thioether (sulfide) groups is 1. The van der Waals surface area contributed by atoms with Crippen LogP contribution in [0.1, 0.15) is 33.2 Å². The van der Waals surface area contributed by atoms with Crippen LogP contribution < -0.4 is 5.32 Å². The van der Waals surface area contributed by atoms with Crippen molar-refractivity contribution in [1.82, 2.24) is 25.0 Å². The summed E-state index contributed by atoms with van der Waals surface area (Å²) in [5.41, 5.74) is 0. The van der Waals surface area contributed by atoms with Crippen LogP contribution in [0, 0.1) is 0 Å². The summed E-state index contributed by atoms with van der Waals surface area (Å²) in [6, 6.07) is 5.98. The summed E-state index contributed by atoms with van der Waals surface area (Å²) in [6.07, 6.45) is 2.64. The number of aromatic nitrogens is 5. The van der Waals surface area contributed by atoms with Crippen molar-refractivity contribution >= 4 is 34.8 Å². The quantitative estimate of drug-likeness (QED) is 0.612. The Morgan fingerprint density at radius 1 is 1.44 bits per heavy atom. The molecule has 0 spiro atoms. The van der Waals surface area contributed by atoms with E-state index in [0.29, 0.717) is 11.0 Å². The van der Waals surface area contributed by atoms with Crippen molar-refractivity contribution in [2.75, 3.05) is 5.32 Å². The minimum absolute atomic E-state index is 0.0995. The molecular formula is C16H20N6OS2. The molecule has 0 aromatic carbocycles. The number of amides is 1. The molecule has 3 aromatic heterocycles. The van der Waals surface area contributed by atoms with Crippen LogP contribution in [0.15, 0.2) is 34.9 Å².